The maximum atomic E-state index is 12.0. The number of hydrogen-bond acceptors (Lipinski definition) is 4. The first-order chi connectivity index (χ1) is 14.0. The second kappa shape index (κ2) is 10.4. The van der Waals surface area contributed by atoms with Crippen LogP contribution in [0, 0.1) is 0 Å². The first-order valence-corrected chi connectivity index (χ1v) is 10.2. The largest absolute Gasteiger partial charge is 0.350 e. The van der Waals surface area contributed by atoms with E-state index in [2.05, 4.69) is 39.6 Å². The number of nitrogens with zero attached hydrogens (tertiary/aromatic N) is 2. The van der Waals surface area contributed by atoms with Crippen LogP contribution >= 0.6 is 11.6 Å². The number of carbonyl (C=O) groups is 2. The quantitative estimate of drug-likeness (QED) is 0.728. The lowest BCUT2D eigenvalue weighted by atomic mass is 10.1. The number of hydrogen-bond donors (Lipinski definition) is 2. The van der Waals surface area contributed by atoms with Crippen molar-refractivity contribution in [3.05, 3.63) is 70.2 Å². The second-order valence-electron chi connectivity index (χ2n) is 7.37. The normalized spacial score (nSPS) is 15.1. The summed E-state index contributed by atoms with van der Waals surface area (Å²) in [5.41, 5.74) is 2.74. The highest BCUT2D eigenvalue weighted by molar-refractivity contribution is 6.30. The fourth-order valence-corrected chi connectivity index (χ4v) is 3.37. The van der Waals surface area contributed by atoms with Crippen molar-refractivity contribution in [2.75, 3.05) is 39.8 Å². The van der Waals surface area contributed by atoms with Gasteiger partial charge in [0.15, 0.2) is 0 Å². The fraction of sp³-hybridized carbons (Fsp3) is 0.364. The third-order valence-electron chi connectivity index (χ3n) is 5.01. The standard InChI is InChI=1S/C22H27ClN4O2/c1-26-9-11-27(12-10-26)16-18-7-5-17(6-8-18)14-24-21(28)15-25-22(29)19-3-2-4-20(23)13-19/h2-8,13H,9-12,14-16H2,1H3,(H,24,28)(H,25,29). The molecule has 2 aromatic carbocycles. The number of piperazine rings is 1. The highest BCUT2D eigenvalue weighted by Gasteiger charge is 2.13. The van der Waals surface area contributed by atoms with Gasteiger partial charge in [-0.2, -0.15) is 0 Å². The smallest absolute Gasteiger partial charge is 0.251 e. The molecule has 3 rings (SSSR count). The Bertz CT molecular complexity index is 833. The van der Waals surface area contributed by atoms with Crippen LogP contribution < -0.4 is 10.6 Å². The summed E-state index contributed by atoms with van der Waals surface area (Å²) in [4.78, 5) is 28.9. The molecule has 29 heavy (non-hydrogen) atoms. The molecule has 7 heteroatoms. The molecule has 6 nitrogen and oxygen atoms in total. The molecule has 2 aromatic rings. The SMILES string of the molecule is CN1CCN(Cc2ccc(CNC(=O)CNC(=O)c3cccc(Cl)c3)cc2)CC1. The zero-order valence-electron chi connectivity index (χ0n) is 16.7. The molecule has 1 fully saturated rings. The third kappa shape index (κ3) is 6.85. The highest BCUT2D eigenvalue weighted by Crippen LogP contribution is 2.11. The molecule has 0 aromatic heterocycles. The third-order valence-corrected chi connectivity index (χ3v) is 5.25. The van der Waals surface area contributed by atoms with Crippen LogP contribution in [-0.4, -0.2) is 61.4 Å². The zero-order chi connectivity index (χ0) is 20.6. The molecular weight excluding hydrogens is 388 g/mol. The van der Waals surface area contributed by atoms with E-state index in [1.165, 1.54) is 5.56 Å². The van der Waals surface area contributed by atoms with Gasteiger partial charge >= 0.3 is 0 Å². The summed E-state index contributed by atoms with van der Waals surface area (Å²) in [7, 11) is 2.16. The monoisotopic (exact) mass is 414 g/mol. The van der Waals surface area contributed by atoms with Crippen molar-refractivity contribution in [2.45, 2.75) is 13.1 Å². The summed E-state index contributed by atoms with van der Waals surface area (Å²) in [6.45, 7) is 5.71. The van der Waals surface area contributed by atoms with E-state index >= 15 is 0 Å². The molecule has 0 saturated carbocycles. The number of halogens is 1. The van der Waals surface area contributed by atoms with Gasteiger partial charge in [0.2, 0.25) is 5.91 Å². The van der Waals surface area contributed by atoms with E-state index in [0.717, 1.165) is 38.3 Å². The van der Waals surface area contributed by atoms with Crippen molar-refractivity contribution in [1.82, 2.24) is 20.4 Å². The maximum Gasteiger partial charge on any atom is 0.251 e. The molecule has 0 unspecified atom stereocenters. The number of likely N-dealkylation sites (N-methyl/N-ethyl adjacent to an activating group) is 1. The highest BCUT2D eigenvalue weighted by atomic mass is 35.5. The Morgan fingerprint density at radius 3 is 2.34 bits per heavy atom. The topological polar surface area (TPSA) is 64.7 Å². The minimum atomic E-state index is -0.323. The van der Waals surface area contributed by atoms with Crippen molar-refractivity contribution in [2.24, 2.45) is 0 Å². The van der Waals surface area contributed by atoms with Gasteiger partial charge in [0.1, 0.15) is 0 Å². The van der Waals surface area contributed by atoms with Gasteiger partial charge in [0.25, 0.3) is 5.91 Å². The van der Waals surface area contributed by atoms with Gasteiger partial charge in [-0.25, -0.2) is 0 Å². The average Bonchev–Trinajstić information content (AvgIpc) is 2.73. The molecule has 0 aliphatic carbocycles. The van der Waals surface area contributed by atoms with Crippen molar-refractivity contribution < 1.29 is 9.59 Å². The van der Waals surface area contributed by atoms with Crippen LogP contribution in [0.2, 0.25) is 5.02 Å². The van der Waals surface area contributed by atoms with Crippen LogP contribution in [0.4, 0.5) is 0 Å². The molecular formula is C22H27ClN4O2. The lowest BCUT2D eigenvalue weighted by molar-refractivity contribution is -0.120. The summed E-state index contributed by atoms with van der Waals surface area (Å²) >= 11 is 5.88. The maximum absolute atomic E-state index is 12.0. The van der Waals surface area contributed by atoms with Gasteiger partial charge in [0, 0.05) is 49.9 Å². The number of benzene rings is 2. The number of rotatable bonds is 7. The Hall–Kier alpha value is -2.41. The van der Waals surface area contributed by atoms with E-state index < -0.39 is 0 Å². The minimum Gasteiger partial charge on any atom is -0.350 e. The molecule has 1 saturated heterocycles. The average molecular weight is 415 g/mol. The van der Waals surface area contributed by atoms with Crippen molar-refractivity contribution in [1.29, 1.82) is 0 Å². The molecule has 2 amide bonds. The first-order valence-electron chi connectivity index (χ1n) is 9.79. The lowest BCUT2D eigenvalue weighted by Crippen LogP contribution is -2.43. The van der Waals surface area contributed by atoms with Gasteiger partial charge in [0.05, 0.1) is 6.54 Å². The first kappa shape index (κ1) is 21.3. The van der Waals surface area contributed by atoms with Gasteiger partial charge in [-0.15, -0.1) is 0 Å². The molecule has 154 valence electrons. The summed E-state index contributed by atoms with van der Waals surface area (Å²) < 4.78 is 0. The Balaban J connectivity index is 1.39. The summed E-state index contributed by atoms with van der Waals surface area (Å²) in [5.74, 6) is -0.558. The Kier molecular flexibility index (Phi) is 7.63. The van der Waals surface area contributed by atoms with Crippen LogP contribution in [0.5, 0.6) is 0 Å². The van der Waals surface area contributed by atoms with E-state index in [0.29, 0.717) is 17.1 Å². The van der Waals surface area contributed by atoms with Crippen LogP contribution in [0.1, 0.15) is 21.5 Å². The van der Waals surface area contributed by atoms with Gasteiger partial charge in [-0.1, -0.05) is 41.9 Å². The number of carbonyl (C=O) groups excluding carboxylic acids is 2. The van der Waals surface area contributed by atoms with Gasteiger partial charge < -0.3 is 15.5 Å². The van der Waals surface area contributed by atoms with E-state index in [4.69, 9.17) is 11.6 Å². The molecule has 1 aliphatic rings. The van der Waals surface area contributed by atoms with Crippen LogP contribution in [-0.2, 0) is 17.9 Å². The summed E-state index contributed by atoms with van der Waals surface area (Å²) in [6, 6.07) is 14.9. The van der Waals surface area contributed by atoms with Crippen LogP contribution in [0.25, 0.3) is 0 Å². The van der Waals surface area contributed by atoms with Crippen LogP contribution in [0.15, 0.2) is 48.5 Å². The summed E-state index contributed by atoms with van der Waals surface area (Å²) in [6.07, 6.45) is 0. The Morgan fingerprint density at radius 2 is 1.66 bits per heavy atom. The van der Waals surface area contributed by atoms with Crippen molar-refractivity contribution in [3.63, 3.8) is 0 Å². The molecule has 0 radical (unpaired) electrons. The molecule has 2 N–H and O–H groups in total. The minimum absolute atomic E-state index is 0.0766. The predicted molar refractivity (Wildman–Crippen MR) is 115 cm³/mol. The molecule has 0 bridgehead atoms. The lowest BCUT2D eigenvalue weighted by Gasteiger charge is -2.32. The number of amides is 2. The van der Waals surface area contributed by atoms with E-state index in [-0.39, 0.29) is 18.4 Å². The van der Waals surface area contributed by atoms with Gasteiger partial charge in [-0.3, -0.25) is 14.5 Å². The molecule has 1 aliphatic heterocycles. The molecule has 0 atom stereocenters. The van der Waals surface area contributed by atoms with Crippen molar-refractivity contribution in [3.8, 4) is 0 Å². The number of nitrogens with one attached hydrogen (secondary N) is 2. The van der Waals surface area contributed by atoms with Crippen LogP contribution in [0.3, 0.4) is 0 Å². The molecule has 1 heterocycles. The zero-order valence-corrected chi connectivity index (χ0v) is 17.4. The predicted octanol–water partition coefficient (Wildman–Crippen LogP) is 2.13. The molecule has 0 spiro atoms. The van der Waals surface area contributed by atoms with Crippen molar-refractivity contribution >= 4 is 23.4 Å². The van der Waals surface area contributed by atoms with E-state index in [1.54, 1.807) is 24.3 Å². The van der Waals surface area contributed by atoms with E-state index in [1.807, 2.05) is 12.1 Å². The second-order valence-corrected chi connectivity index (χ2v) is 7.80. The van der Waals surface area contributed by atoms with E-state index in [9.17, 15) is 9.59 Å². The summed E-state index contributed by atoms with van der Waals surface area (Å²) in [5, 5.41) is 5.91. The van der Waals surface area contributed by atoms with Gasteiger partial charge in [-0.05, 0) is 36.4 Å². The fourth-order valence-electron chi connectivity index (χ4n) is 3.18. The Morgan fingerprint density at radius 1 is 0.966 bits per heavy atom. The Labute approximate surface area is 176 Å².